The Morgan fingerprint density at radius 2 is 2.15 bits per heavy atom. The van der Waals surface area contributed by atoms with Gasteiger partial charge >= 0.3 is 6.09 Å². The number of hydrogen-bond donors (Lipinski definition) is 1. The molecule has 1 atom stereocenters. The fourth-order valence-electron chi connectivity index (χ4n) is 3.94. The summed E-state index contributed by atoms with van der Waals surface area (Å²) in [4.78, 5) is 31.3. The molecule has 2 aromatic rings. The molecule has 1 aromatic carbocycles. The highest BCUT2D eigenvalue weighted by Crippen LogP contribution is 2.39. The van der Waals surface area contributed by atoms with Crippen LogP contribution in [0.5, 0.6) is 0 Å². The van der Waals surface area contributed by atoms with Crippen molar-refractivity contribution in [2.24, 2.45) is 0 Å². The summed E-state index contributed by atoms with van der Waals surface area (Å²) in [5.74, 6) is -0.717. The van der Waals surface area contributed by atoms with E-state index in [9.17, 15) is 9.59 Å². The second-order valence-electron chi connectivity index (χ2n) is 9.20. The standard InChI is InChI=1S/C24H28BrFN4O3S/c1-13(31)17-20(28-15-8-10-30(12-15)23(32)33-24(2,3)4)16-11-14(7-6-9-27)18(25)19(26)21(16)29-22(17)34-5/h11,15H,6-8,10,12H2,1-5H3,(H,28,29). The van der Waals surface area contributed by atoms with Crippen LogP contribution in [0.15, 0.2) is 15.6 Å². The average Bonchev–Trinajstić information content (AvgIpc) is 3.22. The minimum absolute atomic E-state index is 0.145. The Labute approximate surface area is 211 Å². The van der Waals surface area contributed by atoms with Crippen molar-refractivity contribution < 1.29 is 18.7 Å². The van der Waals surface area contributed by atoms with E-state index in [1.54, 1.807) is 17.2 Å². The van der Waals surface area contributed by atoms with E-state index in [-0.39, 0.29) is 34.3 Å². The molecule has 0 saturated carbocycles. The van der Waals surface area contributed by atoms with E-state index in [1.165, 1.54) is 18.7 Å². The number of carbonyl (C=O) groups is 2. The Morgan fingerprint density at radius 1 is 1.44 bits per heavy atom. The maximum Gasteiger partial charge on any atom is 0.410 e. The molecule has 1 aliphatic rings. The lowest BCUT2D eigenvalue weighted by atomic mass is 10.0. The average molecular weight is 551 g/mol. The zero-order valence-corrected chi connectivity index (χ0v) is 22.3. The Balaban J connectivity index is 2.07. The molecule has 0 aliphatic carbocycles. The largest absolute Gasteiger partial charge is 0.444 e. The predicted molar refractivity (Wildman–Crippen MR) is 135 cm³/mol. The number of likely N-dealkylation sites (tertiary alicyclic amines) is 1. The Morgan fingerprint density at radius 3 is 2.74 bits per heavy atom. The zero-order valence-electron chi connectivity index (χ0n) is 19.9. The lowest BCUT2D eigenvalue weighted by Gasteiger charge is -2.25. The summed E-state index contributed by atoms with van der Waals surface area (Å²) in [5.41, 5.74) is 1.08. The molecular formula is C24H28BrFN4O3S. The molecule has 182 valence electrons. The zero-order chi connectivity index (χ0) is 25.2. The van der Waals surface area contributed by atoms with Gasteiger partial charge in [-0.05, 0) is 74.4 Å². The molecule has 10 heteroatoms. The number of carbonyl (C=O) groups excluding carboxylic acids is 2. The fourth-order valence-corrected chi connectivity index (χ4v) is 5.07. The van der Waals surface area contributed by atoms with Crippen LogP contribution < -0.4 is 5.32 Å². The quantitative estimate of drug-likeness (QED) is 0.351. The summed E-state index contributed by atoms with van der Waals surface area (Å²) in [6.45, 7) is 7.82. The lowest BCUT2D eigenvalue weighted by molar-refractivity contribution is 0.0293. The summed E-state index contributed by atoms with van der Waals surface area (Å²) in [5, 5.41) is 13.3. The number of benzene rings is 1. The van der Waals surface area contributed by atoms with Crippen molar-refractivity contribution in [1.29, 1.82) is 5.26 Å². The van der Waals surface area contributed by atoms with Gasteiger partial charge in [0.1, 0.15) is 16.1 Å². The number of nitriles is 1. The highest BCUT2D eigenvalue weighted by atomic mass is 79.9. The molecule has 0 spiro atoms. The van der Waals surface area contributed by atoms with Crippen LogP contribution in [0.3, 0.4) is 0 Å². The van der Waals surface area contributed by atoms with Crippen molar-refractivity contribution in [2.45, 2.75) is 63.6 Å². The number of pyridine rings is 1. The maximum atomic E-state index is 15.4. The second-order valence-corrected chi connectivity index (χ2v) is 10.8. The number of hydrogen-bond acceptors (Lipinski definition) is 7. The van der Waals surface area contributed by atoms with E-state index in [0.29, 0.717) is 53.2 Å². The van der Waals surface area contributed by atoms with Gasteiger partial charge in [-0.15, -0.1) is 11.8 Å². The summed E-state index contributed by atoms with van der Waals surface area (Å²) >= 11 is 4.58. The van der Waals surface area contributed by atoms with Crippen molar-refractivity contribution >= 4 is 56.2 Å². The first-order chi connectivity index (χ1) is 16.0. The molecule has 1 N–H and O–H groups in total. The third-order valence-corrected chi connectivity index (χ3v) is 6.98. The molecule has 0 radical (unpaired) electrons. The molecule has 2 heterocycles. The van der Waals surface area contributed by atoms with Gasteiger partial charge in [0.15, 0.2) is 11.6 Å². The van der Waals surface area contributed by atoms with Gasteiger partial charge in [0.05, 0.1) is 21.8 Å². The third-order valence-electron chi connectivity index (χ3n) is 5.44. The van der Waals surface area contributed by atoms with Gasteiger partial charge in [-0.2, -0.15) is 5.26 Å². The van der Waals surface area contributed by atoms with E-state index in [0.717, 1.165) is 0 Å². The predicted octanol–water partition coefficient (Wildman–Crippen LogP) is 5.94. The van der Waals surface area contributed by atoms with Gasteiger partial charge in [-0.3, -0.25) is 4.79 Å². The number of anilines is 1. The normalized spacial score (nSPS) is 15.9. The summed E-state index contributed by atoms with van der Waals surface area (Å²) in [7, 11) is 0. The van der Waals surface area contributed by atoms with Crippen LogP contribution >= 0.6 is 27.7 Å². The monoisotopic (exact) mass is 550 g/mol. The number of ketones is 1. The Hall–Kier alpha value is -2.38. The number of halogens is 2. The van der Waals surface area contributed by atoms with Crippen LogP contribution in [0.25, 0.3) is 10.9 Å². The maximum absolute atomic E-state index is 15.4. The van der Waals surface area contributed by atoms with E-state index in [4.69, 9.17) is 10.00 Å². The van der Waals surface area contributed by atoms with Gasteiger partial charge in [0, 0.05) is 30.9 Å². The number of rotatable bonds is 6. The van der Waals surface area contributed by atoms with Crippen LogP contribution in [-0.2, 0) is 11.2 Å². The molecule has 7 nitrogen and oxygen atoms in total. The number of thioether (sulfide) groups is 1. The van der Waals surface area contributed by atoms with E-state index in [2.05, 4.69) is 32.3 Å². The van der Waals surface area contributed by atoms with Gasteiger partial charge in [0.25, 0.3) is 0 Å². The number of ether oxygens (including phenoxy) is 1. The summed E-state index contributed by atoms with van der Waals surface area (Å²) < 4.78 is 21.1. The topological polar surface area (TPSA) is 95.3 Å². The van der Waals surface area contributed by atoms with Crippen LogP contribution in [0, 0.1) is 17.1 Å². The molecule has 34 heavy (non-hydrogen) atoms. The van der Waals surface area contributed by atoms with Gasteiger partial charge in [-0.25, -0.2) is 14.2 Å². The number of amides is 1. The first kappa shape index (κ1) is 26.2. The highest BCUT2D eigenvalue weighted by Gasteiger charge is 2.31. The number of aromatic nitrogens is 1. The summed E-state index contributed by atoms with van der Waals surface area (Å²) in [6, 6.07) is 3.71. The molecular weight excluding hydrogens is 523 g/mol. The number of nitrogens with zero attached hydrogens (tertiary/aromatic N) is 3. The second kappa shape index (κ2) is 10.5. The minimum Gasteiger partial charge on any atom is -0.444 e. The molecule has 1 unspecified atom stereocenters. The van der Waals surface area contributed by atoms with Crippen molar-refractivity contribution in [3.05, 3.63) is 27.5 Å². The van der Waals surface area contributed by atoms with Crippen molar-refractivity contribution in [1.82, 2.24) is 9.88 Å². The van der Waals surface area contributed by atoms with E-state index >= 15 is 4.39 Å². The Kier molecular flexibility index (Phi) is 8.09. The van der Waals surface area contributed by atoms with Crippen molar-refractivity contribution in [3.8, 4) is 6.07 Å². The molecule has 0 bridgehead atoms. The molecule has 1 saturated heterocycles. The molecule has 1 fully saturated rings. The van der Waals surface area contributed by atoms with Crippen molar-refractivity contribution in [3.63, 3.8) is 0 Å². The van der Waals surface area contributed by atoms with Gasteiger partial charge in [-0.1, -0.05) is 0 Å². The third kappa shape index (κ3) is 5.63. The Bertz CT molecular complexity index is 1180. The lowest BCUT2D eigenvalue weighted by Crippen LogP contribution is -2.36. The first-order valence-corrected chi connectivity index (χ1v) is 13.0. The first-order valence-electron chi connectivity index (χ1n) is 11.0. The molecule has 1 amide bonds. The summed E-state index contributed by atoms with van der Waals surface area (Å²) in [6.07, 6.45) is 2.64. The molecule has 1 aliphatic heterocycles. The number of nitrogens with one attached hydrogen (secondary N) is 1. The number of fused-ring (bicyclic) bond motifs is 1. The number of aryl methyl sites for hydroxylation is 1. The van der Waals surface area contributed by atoms with Gasteiger partial charge in [0.2, 0.25) is 0 Å². The smallest absolute Gasteiger partial charge is 0.410 e. The number of Topliss-reactive ketones (excluding diaryl/α,β-unsaturated/α-hetero) is 1. The van der Waals surface area contributed by atoms with Crippen LogP contribution in [0.4, 0.5) is 14.9 Å². The highest BCUT2D eigenvalue weighted by molar-refractivity contribution is 9.10. The van der Waals surface area contributed by atoms with Crippen LogP contribution in [0.2, 0.25) is 0 Å². The SMILES string of the molecule is CSc1nc2c(F)c(Br)c(CCC#N)cc2c(NC2CCN(C(=O)OC(C)(C)C)C2)c1C(C)=O. The van der Waals surface area contributed by atoms with Crippen molar-refractivity contribution in [2.75, 3.05) is 24.7 Å². The van der Waals surface area contributed by atoms with Crippen LogP contribution in [0.1, 0.15) is 56.5 Å². The minimum atomic E-state index is -0.594. The van der Waals surface area contributed by atoms with Gasteiger partial charge < -0.3 is 15.0 Å². The molecule has 1 aromatic heterocycles. The van der Waals surface area contributed by atoms with E-state index in [1.807, 2.05) is 20.8 Å². The van der Waals surface area contributed by atoms with Crippen LogP contribution in [-0.4, -0.2) is 52.7 Å². The molecule has 3 rings (SSSR count). The van der Waals surface area contributed by atoms with E-state index < -0.39 is 11.4 Å². The fraction of sp³-hybridized carbons (Fsp3) is 0.500.